The van der Waals surface area contributed by atoms with Gasteiger partial charge in [0, 0.05) is 33.2 Å². The minimum absolute atomic E-state index is 1.10. The van der Waals surface area contributed by atoms with Crippen LogP contribution in [0.5, 0.6) is 0 Å². The minimum atomic E-state index is 1.10. The summed E-state index contributed by atoms with van der Waals surface area (Å²) in [4.78, 5) is 2.39. The molecule has 2 heteroatoms. The van der Waals surface area contributed by atoms with Gasteiger partial charge >= 0.3 is 0 Å². The van der Waals surface area contributed by atoms with Gasteiger partial charge in [-0.2, -0.15) is 0 Å². The SMILES string of the molecule is c1ccc(-c2ccc(N(c3cccc(-c4ccc(-c5ccc6c7ccccc7n(-c7ccc(-c8ccccc8-c8ccccc8)cc7)c6c5)cc4)c3)c3cccc4ccccc34)cc2)cc1. The molecule has 0 aliphatic rings. The Morgan fingerprint density at radius 3 is 1.45 bits per heavy atom. The van der Waals surface area contributed by atoms with Crippen LogP contribution in [-0.2, 0) is 0 Å². The summed E-state index contributed by atoms with van der Waals surface area (Å²) in [6.45, 7) is 0. The van der Waals surface area contributed by atoms with Crippen molar-refractivity contribution in [2.24, 2.45) is 0 Å². The van der Waals surface area contributed by atoms with Gasteiger partial charge in [-0.25, -0.2) is 0 Å². The largest absolute Gasteiger partial charge is 0.310 e. The molecular formula is C64H44N2. The first kappa shape index (κ1) is 38.9. The molecule has 12 rings (SSSR count). The molecule has 0 spiro atoms. The lowest BCUT2D eigenvalue weighted by Crippen LogP contribution is -2.10. The molecule has 0 saturated carbocycles. The van der Waals surface area contributed by atoms with Gasteiger partial charge in [-0.1, -0.05) is 212 Å². The highest BCUT2D eigenvalue weighted by molar-refractivity contribution is 6.10. The van der Waals surface area contributed by atoms with Crippen molar-refractivity contribution in [3.8, 4) is 61.3 Å². The normalized spacial score (nSPS) is 11.3. The fraction of sp³-hybridized carbons (Fsp3) is 0. The number of anilines is 3. The second-order valence-electron chi connectivity index (χ2n) is 16.9. The minimum Gasteiger partial charge on any atom is -0.310 e. The molecule has 12 aromatic rings. The third-order valence-electron chi connectivity index (χ3n) is 13.0. The van der Waals surface area contributed by atoms with Gasteiger partial charge in [0.1, 0.15) is 0 Å². The number of benzene rings is 11. The van der Waals surface area contributed by atoms with Gasteiger partial charge in [-0.15, -0.1) is 0 Å². The summed E-state index contributed by atoms with van der Waals surface area (Å²) < 4.78 is 2.41. The third-order valence-corrected chi connectivity index (χ3v) is 13.0. The van der Waals surface area contributed by atoms with E-state index in [0.29, 0.717) is 0 Å². The Morgan fingerprint density at radius 1 is 0.258 bits per heavy atom. The number of nitrogens with zero attached hydrogens (tertiary/aromatic N) is 2. The molecular weight excluding hydrogens is 797 g/mol. The van der Waals surface area contributed by atoms with Crippen molar-refractivity contribution in [2.45, 2.75) is 0 Å². The van der Waals surface area contributed by atoms with Crippen molar-refractivity contribution in [1.29, 1.82) is 0 Å². The van der Waals surface area contributed by atoms with Crippen LogP contribution in [0.1, 0.15) is 0 Å². The maximum absolute atomic E-state index is 2.41. The summed E-state index contributed by atoms with van der Waals surface area (Å²) in [5.74, 6) is 0. The van der Waals surface area contributed by atoms with Gasteiger partial charge in [0.2, 0.25) is 0 Å². The fourth-order valence-corrected chi connectivity index (χ4v) is 9.77. The van der Waals surface area contributed by atoms with Gasteiger partial charge in [0.05, 0.1) is 16.7 Å². The third kappa shape index (κ3) is 7.12. The van der Waals surface area contributed by atoms with Crippen molar-refractivity contribution >= 4 is 49.6 Å². The molecule has 0 unspecified atom stereocenters. The smallest absolute Gasteiger partial charge is 0.0547 e. The lowest BCUT2D eigenvalue weighted by Gasteiger charge is -2.27. The van der Waals surface area contributed by atoms with Crippen LogP contribution in [0.4, 0.5) is 17.1 Å². The second kappa shape index (κ2) is 16.8. The summed E-state index contributed by atoms with van der Waals surface area (Å²) in [5, 5.41) is 4.91. The standard InChI is InChI=1S/C64H44N2/c1-3-15-45(16-4-1)46-33-38-54(39-34-46)65(62-28-14-20-50-19-7-8-25-59(50)62)56-22-13-21-52(43-56)47-29-31-48(32-30-47)53-37-42-61-60-26-11-12-27-63(60)66(64(61)44-53)55-40-35-51(36-41-55)58-24-10-9-23-57(58)49-17-5-2-6-18-49/h1-44H. The summed E-state index contributed by atoms with van der Waals surface area (Å²) in [6.07, 6.45) is 0. The van der Waals surface area contributed by atoms with E-state index in [2.05, 4.69) is 276 Å². The molecule has 0 amide bonds. The predicted octanol–water partition coefficient (Wildman–Crippen LogP) is 17.7. The number of fused-ring (bicyclic) bond motifs is 4. The lowest BCUT2D eigenvalue weighted by molar-refractivity contribution is 1.18. The Hall–Kier alpha value is -8.72. The summed E-state index contributed by atoms with van der Waals surface area (Å²) in [7, 11) is 0. The summed E-state index contributed by atoms with van der Waals surface area (Å²) >= 11 is 0. The quantitative estimate of drug-likeness (QED) is 0.141. The van der Waals surface area contributed by atoms with Crippen molar-refractivity contribution in [3.63, 3.8) is 0 Å². The van der Waals surface area contributed by atoms with E-state index in [1.54, 1.807) is 0 Å². The highest BCUT2D eigenvalue weighted by atomic mass is 15.1. The van der Waals surface area contributed by atoms with E-state index in [4.69, 9.17) is 0 Å². The van der Waals surface area contributed by atoms with E-state index >= 15 is 0 Å². The highest BCUT2D eigenvalue weighted by Gasteiger charge is 2.18. The van der Waals surface area contributed by atoms with E-state index in [0.717, 1.165) is 28.3 Å². The molecule has 0 saturated heterocycles. The van der Waals surface area contributed by atoms with Gasteiger partial charge < -0.3 is 9.47 Å². The van der Waals surface area contributed by atoms with Crippen LogP contribution >= 0.6 is 0 Å². The predicted molar refractivity (Wildman–Crippen MR) is 280 cm³/mol. The van der Waals surface area contributed by atoms with Crippen LogP contribution in [0, 0.1) is 0 Å². The molecule has 1 aromatic heterocycles. The zero-order valence-electron chi connectivity index (χ0n) is 36.3. The van der Waals surface area contributed by atoms with E-state index in [1.165, 1.54) is 82.6 Å². The molecule has 1 heterocycles. The Bertz CT molecular complexity index is 3660. The van der Waals surface area contributed by atoms with Crippen LogP contribution < -0.4 is 4.90 Å². The number of aromatic nitrogens is 1. The van der Waals surface area contributed by atoms with Crippen LogP contribution in [0.25, 0.3) is 93.9 Å². The van der Waals surface area contributed by atoms with Gasteiger partial charge in [-0.05, 0) is 116 Å². The van der Waals surface area contributed by atoms with E-state index in [9.17, 15) is 0 Å². The van der Waals surface area contributed by atoms with Crippen LogP contribution in [0.15, 0.2) is 267 Å². The molecule has 0 fully saturated rings. The van der Waals surface area contributed by atoms with Gasteiger partial charge in [0.25, 0.3) is 0 Å². The van der Waals surface area contributed by atoms with E-state index < -0.39 is 0 Å². The Morgan fingerprint density at radius 2 is 0.727 bits per heavy atom. The number of rotatable bonds is 9. The zero-order valence-corrected chi connectivity index (χ0v) is 36.3. The Labute approximate surface area is 385 Å². The molecule has 0 N–H and O–H groups in total. The van der Waals surface area contributed by atoms with Crippen molar-refractivity contribution in [3.05, 3.63) is 267 Å². The monoisotopic (exact) mass is 840 g/mol. The Balaban J connectivity index is 0.890. The number of para-hydroxylation sites is 1. The zero-order chi connectivity index (χ0) is 43.8. The molecule has 0 atom stereocenters. The topological polar surface area (TPSA) is 8.17 Å². The van der Waals surface area contributed by atoms with Gasteiger partial charge in [-0.3, -0.25) is 0 Å². The second-order valence-corrected chi connectivity index (χ2v) is 16.9. The molecule has 0 radical (unpaired) electrons. The summed E-state index contributed by atoms with van der Waals surface area (Å²) in [6, 6.07) is 96.8. The van der Waals surface area contributed by atoms with Crippen molar-refractivity contribution in [1.82, 2.24) is 4.57 Å². The van der Waals surface area contributed by atoms with Crippen LogP contribution in [-0.4, -0.2) is 4.57 Å². The summed E-state index contributed by atoms with van der Waals surface area (Å²) in [5.41, 5.74) is 18.9. The van der Waals surface area contributed by atoms with E-state index in [1.807, 2.05) is 0 Å². The molecule has 0 aliphatic carbocycles. The van der Waals surface area contributed by atoms with Gasteiger partial charge in [0.15, 0.2) is 0 Å². The van der Waals surface area contributed by atoms with Crippen molar-refractivity contribution < 1.29 is 0 Å². The molecule has 66 heavy (non-hydrogen) atoms. The van der Waals surface area contributed by atoms with Crippen LogP contribution in [0.3, 0.4) is 0 Å². The first-order valence-corrected chi connectivity index (χ1v) is 22.7. The number of hydrogen-bond donors (Lipinski definition) is 0. The number of hydrogen-bond acceptors (Lipinski definition) is 1. The fourth-order valence-electron chi connectivity index (χ4n) is 9.77. The molecule has 0 aliphatic heterocycles. The van der Waals surface area contributed by atoms with E-state index in [-0.39, 0.29) is 0 Å². The molecule has 11 aromatic carbocycles. The van der Waals surface area contributed by atoms with Crippen molar-refractivity contribution in [2.75, 3.05) is 4.90 Å². The average Bonchev–Trinajstić information content (AvgIpc) is 3.73. The first-order valence-electron chi connectivity index (χ1n) is 22.7. The molecule has 310 valence electrons. The molecule has 0 bridgehead atoms. The maximum atomic E-state index is 2.41. The average molecular weight is 841 g/mol. The molecule has 2 nitrogen and oxygen atoms in total. The highest BCUT2D eigenvalue weighted by Crippen LogP contribution is 2.42. The first-order chi connectivity index (χ1) is 32.7. The maximum Gasteiger partial charge on any atom is 0.0547 e. The Kier molecular flexibility index (Phi) is 9.89. The lowest BCUT2D eigenvalue weighted by atomic mass is 9.94. The van der Waals surface area contributed by atoms with Crippen LogP contribution in [0.2, 0.25) is 0 Å².